The minimum absolute atomic E-state index is 0.0192. The van der Waals surface area contributed by atoms with Gasteiger partial charge >= 0.3 is 0 Å². The van der Waals surface area contributed by atoms with Crippen molar-refractivity contribution in [3.8, 4) is 0 Å². The minimum atomic E-state index is -0.549. The molecule has 2 aromatic rings. The van der Waals surface area contributed by atoms with Crippen LogP contribution in [-0.4, -0.2) is 12.0 Å². The first-order valence-electron chi connectivity index (χ1n) is 6.13. The molecule has 0 aliphatic rings. The van der Waals surface area contributed by atoms with Crippen LogP contribution in [0, 0.1) is 18.6 Å². The molecule has 1 aromatic carbocycles. The maximum atomic E-state index is 13.2. The fourth-order valence-corrected chi connectivity index (χ4v) is 2.04. The number of aryl methyl sites for hydroxylation is 1. The van der Waals surface area contributed by atoms with Gasteiger partial charge in [0.2, 0.25) is 0 Å². The third kappa shape index (κ3) is 3.58. The smallest absolute Gasteiger partial charge is 0.126 e. The molecule has 0 fully saturated rings. The van der Waals surface area contributed by atoms with E-state index in [4.69, 9.17) is 0 Å². The van der Waals surface area contributed by atoms with E-state index in [1.807, 2.05) is 26.1 Å². The maximum Gasteiger partial charge on any atom is 0.126 e. The molecule has 2 rings (SSSR count). The number of halogens is 2. The average molecular weight is 262 g/mol. The Morgan fingerprint density at radius 3 is 2.37 bits per heavy atom. The highest BCUT2D eigenvalue weighted by atomic mass is 19.1. The van der Waals surface area contributed by atoms with Crippen molar-refractivity contribution in [1.29, 1.82) is 0 Å². The molecule has 0 radical (unpaired) electrons. The Morgan fingerprint density at radius 1 is 1.16 bits per heavy atom. The molecule has 0 aliphatic carbocycles. The van der Waals surface area contributed by atoms with E-state index in [0.29, 0.717) is 12.0 Å². The van der Waals surface area contributed by atoms with Gasteiger partial charge < -0.3 is 5.32 Å². The van der Waals surface area contributed by atoms with Gasteiger partial charge in [0.05, 0.1) is 0 Å². The number of rotatable bonds is 4. The molecule has 0 spiro atoms. The number of hydrogen-bond donors (Lipinski definition) is 1. The summed E-state index contributed by atoms with van der Waals surface area (Å²) in [5.74, 6) is -1.10. The Hall–Kier alpha value is -1.81. The topological polar surface area (TPSA) is 24.9 Å². The van der Waals surface area contributed by atoms with Gasteiger partial charge in [0.15, 0.2) is 0 Å². The van der Waals surface area contributed by atoms with Gasteiger partial charge in [-0.05, 0) is 49.7 Å². The summed E-state index contributed by atoms with van der Waals surface area (Å²) in [6.45, 7) is 1.92. The second-order valence-electron chi connectivity index (χ2n) is 4.56. The molecule has 100 valence electrons. The van der Waals surface area contributed by atoms with E-state index in [2.05, 4.69) is 10.3 Å². The second-order valence-corrected chi connectivity index (χ2v) is 4.56. The van der Waals surface area contributed by atoms with E-state index in [-0.39, 0.29) is 6.04 Å². The van der Waals surface area contributed by atoms with Crippen molar-refractivity contribution in [1.82, 2.24) is 10.3 Å². The first-order valence-corrected chi connectivity index (χ1v) is 6.13. The lowest BCUT2D eigenvalue weighted by molar-refractivity contribution is 0.561. The van der Waals surface area contributed by atoms with Crippen LogP contribution < -0.4 is 5.32 Å². The summed E-state index contributed by atoms with van der Waals surface area (Å²) >= 11 is 0. The molecule has 4 heteroatoms. The number of benzene rings is 1. The normalized spacial score (nSPS) is 12.4. The van der Waals surface area contributed by atoms with Gasteiger partial charge in [-0.1, -0.05) is 6.07 Å². The number of aromatic nitrogens is 1. The predicted molar refractivity (Wildman–Crippen MR) is 70.8 cm³/mol. The third-order valence-corrected chi connectivity index (χ3v) is 3.05. The molecular weight excluding hydrogens is 246 g/mol. The SMILES string of the molecule is CNC(Cc1cc(F)cc(F)c1)c1ccc(C)nc1. The highest BCUT2D eigenvalue weighted by Crippen LogP contribution is 2.19. The number of likely N-dealkylation sites (N-methyl/N-ethyl adjacent to an activating group) is 1. The van der Waals surface area contributed by atoms with Crippen molar-refractivity contribution in [2.45, 2.75) is 19.4 Å². The van der Waals surface area contributed by atoms with Gasteiger partial charge in [0, 0.05) is 24.0 Å². The van der Waals surface area contributed by atoms with E-state index in [1.54, 1.807) is 6.20 Å². The fraction of sp³-hybridized carbons (Fsp3) is 0.267. The molecule has 2 nitrogen and oxygen atoms in total. The Morgan fingerprint density at radius 2 is 1.84 bits per heavy atom. The maximum absolute atomic E-state index is 13.2. The molecule has 1 unspecified atom stereocenters. The minimum Gasteiger partial charge on any atom is -0.313 e. The molecule has 0 bridgehead atoms. The fourth-order valence-electron chi connectivity index (χ4n) is 2.04. The molecule has 0 amide bonds. The lowest BCUT2D eigenvalue weighted by atomic mass is 10.00. The molecule has 0 saturated carbocycles. The quantitative estimate of drug-likeness (QED) is 0.915. The predicted octanol–water partition coefficient (Wildman–Crippen LogP) is 3.17. The van der Waals surface area contributed by atoms with Crippen molar-refractivity contribution < 1.29 is 8.78 Å². The molecule has 1 heterocycles. The number of pyridine rings is 1. The van der Waals surface area contributed by atoms with Crippen LogP contribution in [0.4, 0.5) is 8.78 Å². The Balaban J connectivity index is 2.21. The summed E-state index contributed by atoms with van der Waals surface area (Å²) in [4.78, 5) is 4.24. The first-order chi connectivity index (χ1) is 9.08. The van der Waals surface area contributed by atoms with Gasteiger partial charge in [0.1, 0.15) is 11.6 Å². The average Bonchev–Trinajstić information content (AvgIpc) is 2.36. The Labute approximate surface area is 111 Å². The zero-order chi connectivity index (χ0) is 13.8. The van der Waals surface area contributed by atoms with E-state index < -0.39 is 11.6 Å². The zero-order valence-corrected chi connectivity index (χ0v) is 11.0. The van der Waals surface area contributed by atoms with Crippen molar-refractivity contribution in [2.24, 2.45) is 0 Å². The van der Waals surface area contributed by atoms with Crippen LogP contribution in [0.3, 0.4) is 0 Å². The third-order valence-electron chi connectivity index (χ3n) is 3.05. The summed E-state index contributed by atoms with van der Waals surface area (Å²) in [6, 6.07) is 7.47. The lowest BCUT2D eigenvalue weighted by Crippen LogP contribution is -2.19. The summed E-state index contributed by atoms with van der Waals surface area (Å²) in [6.07, 6.45) is 2.29. The van der Waals surface area contributed by atoms with E-state index in [9.17, 15) is 8.78 Å². The standard InChI is InChI=1S/C15H16F2N2/c1-10-3-4-12(9-19-10)15(18-2)7-11-5-13(16)8-14(17)6-11/h3-6,8-9,15,18H,7H2,1-2H3. The largest absolute Gasteiger partial charge is 0.313 e. The van der Waals surface area contributed by atoms with Gasteiger partial charge in [-0.25, -0.2) is 8.78 Å². The van der Waals surface area contributed by atoms with Crippen LogP contribution >= 0.6 is 0 Å². The monoisotopic (exact) mass is 262 g/mol. The number of hydrogen-bond acceptors (Lipinski definition) is 2. The number of nitrogens with zero attached hydrogens (tertiary/aromatic N) is 1. The summed E-state index contributed by atoms with van der Waals surface area (Å²) in [5, 5.41) is 3.14. The molecular formula is C15H16F2N2. The molecule has 0 saturated heterocycles. The van der Waals surface area contributed by atoms with Gasteiger partial charge in [-0.15, -0.1) is 0 Å². The molecule has 1 atom stereocenters. The van der Waals surface area contributed by atoms with Gasteiger partial charge in [-0.2, -0.15) is 0 Å². The van der Waals surface area contributed by atoms with Crippen molar-refractivity contribution in [3.63, 3.8) is 0 Å². The van der Waals surface area contributed by atoms with E-state index >= 15 is 0 Å². The zero-order valence-electron chi connectivity index (χ0n) is 11.0. The Kier molecular flexibility index (Phi) is 4.22. The van der Waals surface area contributed by atoms with E-state index in [1.165, 1.54) is 12.1 Å². The summed E-state index contributed by atoms with van der Waals surface area (Å²) < 4.78 is 26.3. The van der Waals surface area contributed by atoms with Crippen LogP contribution in [0.5, 0.6) is 0 Å². The van der Waals surface area contributed by atoms with Crippen LogP contribution in [0.15, 0.2) is 36.5 Å². The van der Waals surface area contributed by atoms with Crippen molar-refractivity contribution >= 4 is 0 Å². The molecule has 0 aliphatic heterocycles. The van der Waals surface area contributed by atoms with Crippen LogP contribution in [0.1, 0.15) is 22.9 Å². The van der Waals surface area contributed by atoms with E-state index in [0.717, 1.165) is 17.3 Å². The van der Waals surface area contributed by atoms with Gasteiger partial charge in [0.25, 0.3) is 0 Å². The molecule has 1 N–H and O–H groups in total. The molecule has 19 heavy (non-hydrogen) atoms. The summed E-state index contributed by atoms with van der Waals surface area (Å²) in [5.41, 5.74) is 2.56. The van der Waals surface area contributed by atoms with Crippen LogP contribution in [-0.2, 0) is 6.42 Å². The number of nitrogens with one attached hydrogen (secondary N) is 1. The van der Waals surface area contributed by atoms with Crippen molar-refractivity contribution in [2.75, 3.05) is 7.05 Å². The lowest BCUT2D eigenvalue weighted by Gasteiger charge is -2.16. The first kappa shape index (κ1) is 13.6. The van der Waals surface area contributed by atoms with Crippen LogP contribution in [0.2, 0.25) is 0 Å². The summed E-state index contributed by atoms with van der Waals surface area (Å²) in [7, 11) is 1.82. The van der Waals surface area contributed by atoms with Crippen molar-refractivity contribution in [3.05, 3.63) is 65.0 Å². The Bertz CT molecular complexity index is 532. The second kappa shape index (κ2) is 5.89. The highest BCUT2D eigenvalue weighted by Gasteiger charge is 2.12. The molecule has 1 aromatic heterocycles. The van der Waals surface area contributed by atoms with Gasteiger partial charge in [-0.3, -0.25) is 4.98 Å². The van der Waals surface area contributed by atoms with Crippen LogP contribution in [0.25, 0.3) is 0 Å². The highest BCUT2D eigenvalue weighted by molar-refractivity contribution is 5.23.